The highest BCUT2D eigenvalue weighted by Gasteiger charge is 2.22. The quantitative estimate of drug-likeness (QED) is 0.816. The van der Waals surface area contributed by atoms with Gasteiger partial charge in [-0.3, -0.25) is 9.69 Å². The zero-order valence-corrected chi connectivity index (χ0v) is 14.9. The lowest BCUT2D eigenvalue weighted by atomic mass is 10.0. The maximum absolute atomic E-state index is 12.6. The SMILES string of the molecule is Cc1ccccc1-c1onc(C)c1C(=O)NCCCN1CCOCC1. The Balaban J connectivity index is 1.60. The number of aromatic nitrogens is 1. The summed E-state index contributed by atoms with van der Waals surface area (Å²) >= 11 is 0. The van der Waals surface area contributed by atoms with Gasteiger partial charge in [0.1, 0.15) is 5.56 Å². The highest BCUT2D eigenvalue weighted by molar-refractivity contribution is 6.00. The molecule has 3 rings (SSSR count). The van der Waals surface area contributed by atoms with E-state index in [1.807, 2.05) is 31.2 Å². The summed E-state index contributed by atoms with van der Waals surface area (Å²) in [5, 5.41) is 7.00. The first-order chi connectivity index (χ1) is 12.2. The molecule has 0 radical (unpaired) electrons. The summed E-state index contributed by atoms with van der Waals surface area (Å²) in [5.41, 5.74) is 3.10. The van der Waals surface area contributed by atoms with E-state index in [9.17, 15) is 4.79 Å². The Morgan fingerprint density at radius 3 is 2.76 bits per heavy atom. The van der Waals surface area contributed by atoms with Crippen LogP contribution in [0.2, 0.25) is 0 Å². The Morgan fingerprint density at radius 2 is 2.00 bits per heavy atom. The van der Waals surface area contributed by atoms with Crippen molar-refractivity contribution in [2.45, 2.75) is 20.3 Å². The normalized spacial score (nSPS) is 15.3. The lowest BCUT2D eigenvalue weighted by Crippen LogP contribution is -2.38. The fourth-order valence-electron chi connectivity index (χ4n) is 3.07. The molecule has 1 aromatic heterocycles. The monoisotopic (exact) mass is 343 g/mol. The fourth-order valence-corrected chi connectivity index (χ4v) is 3.07. The van der Waals surface area contributed by atoms with Crippen LogP contribution < -0.4 is 5.32 Å². The first-order valence-electron chi connectivity index (χ1n) is 8.77. The van der Waals surface area contributed by atoms with Gasteiger partial charge in [-0.15, -0.1) is 0 Å². The molecule has 0 bridgehead atoms. The maximum atomic E-state index is 12.6. The molecule has 6 heteroatoms. The summed E-state index contributed by atoms with van der Waals surface area (Å²) in [4.78, 5) is 15.0. The Morgan fingerprint density at radius 1 is 1.24 bits per heavy atom. The summed E-state index contributed by atoms with van der Waals surface area (Å²) in [5.74, 6) is 0.417. The zero-order valence-electron chi connectivity index (χ0n) is 14.9. The van der Waals surface area contributed by atoms with Crippen LogP contribution in [0.25, 0.3) is 11.3 Å². The number of rotatable bonds is 6. The van der Waals surface area contributed by atoms with Gasteiger partial charge in [0, 0.05) is 25.2 Å². The van der Waals surface area contributed by atoms with Gasteiger partial charge >= 0.3 is 0 Å². The number of nitrogens with one attached hydrogen (secondary N) is 1. The minimum Gasteiger partial charge on any atom is -0.379 e. The van der Waals surface area contributed by atoms with Crippen molar-refractivity contribution in [2.75, 3.05) is 39.4 Å². The molecule has 2 heterocycles. The van der Waals surface area contributed by atoms with Gasteiger partial charge in [-0.1, -0.05) is 29.4 Å². The molecule has 25 heavy (non-hydrogen) atoms. The van der Waals surface area contributed by atoms with E-state index in [2.05, 4.69) is 15.4 Å². The van der Waals surface area contributed by atoms with E-state index in [1.54, 1.807) is 6.92 Å². The number of aryl methyl sites for hydroxylation is 2. The van der Waals surface area contributed by atoms with Crippen LogP contribution in [-0.4, -0.2) is 55.4 Å². The molecule has 1 amide bonds. The topological polar surface area (TPSA) is 67.6 Å². The molecule has 0 atom stereocenters. The molecule has 1 fully saturated rings. The predicted octanol–water partition coefficient (Wildman–Crippen LogP) is 2.41. The van der Waals surface area contributed by atoms with Gasteiger partial charge in [-0.25, -0.2) is 0 Å². The smallest absolute Gasteiger partial charge is 0.257 e. The largest absolute Gasteiger partial charge is 0.379 e. The Kier molecular flexibility index (Phi) is 5.83. The molecule has 134 valence electrons. The highest BCUT2D eigenvalue weighted by atomic mass is 16.5. The number of amides is 1. The lowest BCUT2D eigenvalue weighted by molar-refractivity contribution is 0.0374. The first kappa shape index (κ1) is 17.6. The van der Waals surface area contributed by atoms with Gasteiger partial charge in [-0.05, 0) is 32.4 Å². The summed E-state index contributed by atoms with van der Waals surface area (Å²) in [6.45, 7) is 8.93. The third-order valence-corrected chi connectivity index (χ3v) is 4.52. The maximum Gasteiger partial charge on any atom is 0.257 e. The van der Waals surface area contributed by atoms with Crippen molar-refractivity contribution in [1.29, 1.82) is 0 Å². The Hall–Kier alpha value is -2.18. The minimum absolute atomic E-state index is 0.126. The van der Waals surface area contributed by atoms with E-state index >= 15 is 0 Å². The van der Waals surface area contributed by atoms with Crippen LogP contribution in [0, 0.1) is 13.8 Å². The average molecular weight is 343 g/mol. The molecule has 1 N–H and O–H groups in total. The summed E-state index contributed by atoms with van der Waals surface area (Å²) in [6, 6.07) is 7.85. The standard InChI is InChI=1S/C19H25N3O3/c1-14-6-3-4-7-16(14)18-17(15(2)21-25-18)19(23)20-8-5-9-22-10-12-24-13-11-22/h3-4,6-7H,5,8-13H2,1-2H3,(H,20,23). The van der Waals surface area contributed by atoms with Gasteiger partial charge in [0.2, 0.25) is 0 Å². The third-order valence-electron chi connectivity index (χ3n) is 4.52. The van der Waals surface area contributed by atoms with Crippen LogP contribution in [0.4, 0.5) is 0 Å². The number of nitrogens with zero attached hydrogens (tertiary/aromatic N) is 2. The third kappa shape index (κ3) is 4.27. The number of carbonyl (C=O) groups excluding carboxylic acids is 1. The summed E-state index contributed by atoms with van der Waals surface area (Å²) in [6.07, 6.45) is 0.912. The van der Waals surface area contributed by atoms with Crippen molar-refractivity contribution in [3.05, 3.63) is 41.1 Å². The van der Waals surface area contributed by atoms with Crippen LogP contribution >= 0.6 is 0 Å². The molecule has 2 aromatic rings. The van der Waals surface area contributed by atoms with Crippen molar-refractivity contribution >= 4 is 5.91 Å². The van der Waals surface area contributed by atoms with Crippen molar-refractivity contribution in [2.24, 2.45) is 0 Å². The number of hydrogen-bond acceptors (Lipinski definition) is 5. The minimum atomic E-state index is -0.126. The predicted molar refractivity (Wildman–Crippen MR) is 95.6 cm³/mol. The number of morpholine rings is 1. The molecule has 0 spiro atoms. The van der Waals surface area contributed by atoms with Crippen LogP contribution in [0.5, 0.6) is 0 Å². The molecule has 1 aromatic carbocycles. The first-order valence-corrected chi connectivity index (χ1v) is 8.77. The van der Waals surface area contributed by atoms with Gasteiger partial charge in [0.15, 0.2) is 5.76 Å². The number of carbonyl (C=O) groups is 1. The van der Waals surface area contributed by atoms with Crippen LogP contribution in [0.15, 0.2) is 28.8 Å². The second kappa shape index (κ2) is 8.27. The van der Waals surface area contributed by atoms with Crippen LogP contribution in [0.1, 0.15) is 28.0 Å². The molecule has 1 saturated heterocycles. The molecule has 0 saturated carbocycles. The van der Waals surface area contributed by atoms with Crippen molar-refractivity contribution in [1.82, 2.24) is 15.4 Å². The zero-order chi connectivity index (χ0) is 17.6. The molecule has 0 aliphatic carbocycles. The van der Waals surface area contributed by atoms with Crippen LogP contribution in [0.3, 0.4) is 0 Å². The van der Waals surface area contributed by atoms with Gasteiger partial charge in [0.05, 0.1) is 18.9 Å². The van der Waals surface area contributed by atoms with E-state index in [-0.39, 0.29) is 5.91 Å². The molecular formula is C19H25N3O3. The summed E-state index contributed by atoms with van der Waals surface area (Å²) in [7, 11) is 0. The molecule has 1 aliphatic rings. The van der Waals surface area contributed by atoms with E-state index in [1.165, 1.54) is 0 Å². The highest BCUT2D eigenvalue weighted by Crippen LogP contribution is 2.28. The summed E-state index contributed by atoms with van der Waals surface area (Å²) < 4.78 is 10.8. The fraction of sp³-hybridized carbons (Fsp3) is 0.474. The molecule has 0 unspecified atom stereocenters. The van der Waals surface area contributed by atoms with Gasteiger partial charge in [0.25, 0.3) is 5.91 Å². The second-order valence-electron chi connectivity index (χ2n) is 6.35. The van der Waals surface area contributed by atoms with E-state index in [0.717, 1.165) is 50.4 Å². The number of hydrogen-bond donors (Lipinski definition) is 1. The van der Waals surface area contributed by atoms with E-state index in [0.29, 0.717) is 23.6 Å². The van der Waals surface area contributed by atoms with E-state index < -0.39 is 0 Å². The van der Waals surface area contributed by atoms with Crippen LogP contribution in [-0.2, 0) is 4.74 Å². The van der Waals surface area contributed by atoms with Gasteiger partial charge < -0.3 is 14.6 Å². The average Bonchev–Trinajstić information content (AvgIpc) is 3.01. The van der Waals surface area contributed by atoms with Crippen molar-refractivity contribution in [3.8, 4) is 11.3 Å². The second-order valence-corrected chi connectivity index (χ2v) is 6.35. The lowest BCUT2D eigenvalue weighted by Gasteiger charge is -2.26. The van der Waals surface area contributed by atoms with E-state index in [4.69, 9.17) is 9.26 Å². The molecular weight excluding hydrogens is 318 g/mol. The molecule has 6 nitrogen and oxygen atoms in total. The Bertz CT molecular complexity index is 720. The number of ether oxygens (including phenoxy) is 1. The molecule has 1 aliphatic heterocycles. The Labute approximate surface area is 148 Å². The number of benzene rings is 1. The van der Waals surface area contributed by atoms with Gasteiger partial charge in [-0.2, -0.15) is 0 Å². The van der Waals surface area contributed by atoms with Crippen molar-refractivity contribution < 1.29 is 14.1 Å². The van der Waals surface area contributed by atoms with Crippen molar-refractivity contribution in [3.63, 3.8) is 0 Å².